The lowest BCUT2D eigenvalue weighted by molar-refractivity contribution is 0.631. The number of furan rings is 2. The summed E-state index contributed by atoms with van der Waals surface area (Å²) in [7, 11) is 0. The van der Waals surface area contributed by atoms with Crippen LogP contribution in [0.1, 0.15) is 63.5 Å². The Hall–Kier alpha value is -4.30. The van der Waals surface area contributed by atoms with Gasteiger partial charge in [-0.15, -0.1) is 0 Å². The third-order valence-corrected chi connectivity index (χ3v) is 8.81. The number of rotatable bonds is 10. The number of aryl methyl sites for hydroxylation is 2. The molecule has 2 heterocycles. The molecule has 0 bridgehead atoms. The first-order valence-electron chi connectivity index (χ1n) is 15.7. The van der Waals surface area contributed by atoms with E-state index in [0.29, 0.717) is 0 Å². The van der Waals surface area contributed by atoms with Crippen molar-refractivity contribution in [3.63, 3.8) is 0 Å². The van der Waals surface area contributed by atoms with Gasteiger partial charge in [0.2, 0.25) is 0 Å². The highest BCUT2D eigenvalue weighted by Gasteiger charge is 2.14. The molecule has 0 spiro atoms. The first-order chi connectivity index (χ1) is 20.7. The largest absolute Gasteiger partial charge is 0.456 e. The molecule has 0 saturated heterocycles. The van der Waals surface area contributed by atoms with Gasteiger partial charge in [-0.3, -0.25) is 0 Å². The van der Waals surface area contributed by atoms with E-state index in [9.17, 15) is 0 Å². The minimum absolute atomic E-state index is 0.920. The van der Waals surface area contributed by atoms with Crippen LogP contribution in [-0.4, -0.2) is 0 Å². The Bertz CT molecular complexity index is 1840. The van der Waals surface area contributed by atoms with E-state index >= 15 is 0 Å². The minimum Gasteiger partial charge on any atom is -0.456 e. The summed E-state index contributed by atoms with van der Waals surface area (Å²) in [6.07, 6.45) is 9.86. The summed E-state index contributed by atoms with van der Waals surface area (Å²) in [5, 5.41) is 7.21. The van der Waals surface area contributed by atoms with Crippen molar-refractivity contribution in [1.82, 2.24) is 0 Å². The number of benzene rings is 5. The van der Waals surface area contributed by atoms with Crippen LogP contribution in [0.25, 0.3) is 66.1 Å². The quantitative estimate of drug-likeness (QED) is 0.125. The van der Waals surface area contributed by atoms with E-state index in [2.05, 4.69) is 111 Å². The molecule has 0 amide bonds. The van der Waals surface area contributed by atoms with Gasteiger partial charge in [0.25, 0.3) is 0 Å². The van der Waals surface area contributed by atoms with Gasteiger partial charge in [0.15, 0.2) is 0 Å². The van der Waals surface area contributed by atoms with Gasteiger partial charge in [0.05, 0.1) is 0 Å². The van der Waals surface area contributed by atoms with E-state index < -0.39 is 0 Å². The third-order valence-electron chi connectivity index (χ3n) is 8.81. The van der Waals surface area contributed by atoms with Crippen molar-refractivity contribution in [3.05, 3.63) is 108 Å². The zero-order chi connectivity index (χ0) is 28.5. The molecule has 0 N–H and O–H groups in total. The predicted octanol–water partition coefficient (Wildman–Crippen LogP) is 12.3. The zero-order valence-corrected chi connectivity index (χ0v) is 24.7. The molecule has 7 rings (SSSR count). The van der Waals surface area contributed by atoms with Gasteiger partial charge in [-0.2, -0.15) is 0 Å². The number of hydrogen-bond donors (Lipinski definition) is 0. The van der Waals surface area contributed by atoms with Gasteiger partial charge in [0, 0.05) is 21.9 Å². The Morgan fingerprint density at radius 1 is 0.405 bits per heavy atom. The molecule has 2 heteroatoms. The van der Waals surface area contributed by atoms with Gasteiger partial charge in [-0.05, 0) is 82.6 Å². The zero-order valence-electron chi connectivity index (χ0n) is 24.7. The van der Waals surface area contributed by atoms with E-state index in [-0.39, 0.29) is 0 Å². The van der Waals surface area contributed by atoms with Crippen molar-refractivity contribution in [2.24, 2.45) is 0 Å². The van der Waals surface area contributed by atoms with Gasteiger partial charge in [-0.1, -0.05) is 112 Å². The van der Waals surface area contributed by atoms with Crippen LogP contribution in [0.4, 0.5) is 0 Å². The van der Waals surface area contributed by atoms with Crippen molar-refractivity contribution in [3.8, 4) is 22.6 Å². The summed E-state index contributed by atoms with van der Waals surface area (Å²) in [5.74, 6) is 1.84. The summed E-state index contributed by atoms with van der Waals surface area (Å²) in [6, 6.07) is 35.3. The molecule has 0 radical (unpaired) electrons. The minimum atomic E-state index is 0.920. The van der Waals surface area contributed by atoms with Crippen LogP contribution >= 0.6 is 0 Å². The van der Waals surface area contributed by atoms with E-state index in [1.165, 1.54) is 71.2 Å². The average molecular weight is 551 g/mol. The number of fused-ring (bicyclic) bond motifs is 7. The lowest BCUT2D eigenvalue weighted by Crippen LogP contribution is -1.85. The highest BCUT2D eigenvalue weighted by Crippen LogP contribution is 2.39. The van der Waals surface area contributed by atoms with Crippen molar-refractivity contribution >= 4 is 43.5 Å². The topological polar surface area (TPSA) is 26.3 Å². The molecule has 7 aromatic rings. The fourth-order valence-electron chi connectivity index (χ4n) is 6.38. The summed E-state index contributed by atoms with van der Waals surface area (Å²) in [6.45, 7) is 4.50. The van der Waals surface area contributed by atoms with Crippen LogP contribution in [-0.2, 0) is 12.8 Å². The Labute approximate surface area is 248 Å². The molecule has 42 heavy (non-hydrogen) atoms. The standard InChI is InChI=1S/C40H38O2/c1-3-5-7-9-27-11-15-29(16-12-27)39-25-35-33-19-20-34-32(31(33)21-23-37(35)41-39)22-24-38-36(34)26-40(42-38)30-17-13-28(14-18-30)10-8-6-4-2/h11-26H,3-10H2,1-2H3. The Morgan fingerprint density at radius 2 is 0.786 bits per heavy atom. The second-order valence-electron chi connectivity index (χ2n) is 11.7. The second kappa shape index (κ2) is 11.5. The van der Waals surface area contributed by atoms with Crippen LogP contribution in [0.5, 0.6) is 0 Å². The maximum absolute atomic E-state index is 6.36. The highest BCUT2D eigenvalue weighted by molar-refractivity contribution is 6.21. The van der Waals surface area contributed by atoms with Crippen LogP contribution in [0.2, 0.25) is 0 Å². The number of unbranched alkanes of at least 4 members (excludes halogenated alkanes) is 4. The fraction of sp³-hybridized carbons (Fsp3) is 0.250. The van der Waals surface area contributed by atoms with Crippen LogP contribution in [0.3, 0.4) is 0 Å². The summed E-state index contributed by atoms with van der Waals surface area (Å²) >= 11 is 0. The van der Waals surface area contributed by atoms with Crippen LogP contribution in [0.15, 0.2) is 106 Å². The molecule has 5 aromatic carbocycles. The molecular weight excluding hydrogens is 512 g/mol. The monoisotopic (exact) mass is 550 g/mol. The normalized spacial score (nSPS) is 11.9. The van der Waals surface area contributed by atoms with Gasteiger partial charge in [0.1, 0.15) is 22.7 Å². The van der Waals surface area contributed by atoms with E-state index in [4.69, 9.17) is 8.83 Å². The Morgan fingerprint density at radius 3 is 1.19 bits per heavy atom. The van der Waals surface area contributed by atoms with E-state index in [1.807, 2.05) is 0 Å². The molecule has 0 aliphatic rings. The Kier molecular flexibility index (Phi) is 7.30. The maximum atomic E-state index is 6.36. The molecule has 0 aliphatic carbocycles. The Balaban J connectivity index is 1.22. The molecule has 2 nitrogen and oxygen atoms in total. The summed E-state index contributed by atoms with van der Waals surface area (Å²) < 4.78 is 12.7. The van der Waals surface area contributed by atoms with Crippen LogP contribution < -0.4 is 0 Å². The van der Waals surface area contributed by atoms with Crippen molar-refractivity contribution in [2.75, 3.05) is 0 Å². The first-order valence-corrected chi connectivity index (χ1v) is 15.7. The highest BCUT2D eigenvalue weighted by atomic mass is 16.3. The smallest absolute Gasteiger partial charge is 0.135 e. The number of hydrogen-bond acceptors (Lipinski definition) is 2. The van der Waals surface area contributed by atoms with E-state index in [1.54, 1.807) is 0 Å². The van der Waals surface area contributed by atoms with Gasteiger partial charge in [-0.25, -0.2) is 0 Å². The third kappa shape index (κ3) is 5.00. The lowest BCUT2D eigenvalue weighted by atomic mass is 9.97. The molecule has 2 aromatic heterocycles. The van der Waals surface area contributed by atoms with E-state index in [0.717, 1.165) is 57.4 Å². The molecule has 0 unspecified atom stereocenters. The summed E-state index contributed by atoms with van der Waals surface area (Å²) in [5.41, 5.74) is 6.89. The second-order valence-corrected chi connectivity index (χ2v) is 11.7. The fourth-order valence-corrected chi connectivity index (χ4v) is 6.38. The molecule has 0 saturated carbocycles. The molecular formula is C40H38O2. The van der Waals surface area contributed by atoms with Crippen LogP contribution in [0, 0.1) is 0 Å². The van der Waals surface area contributed by atoms with Crippen molar-refractivity contribution in [1.29, 1.82) is 0 Å². The van der Waals surface area contributed by atoms with Gasteiger partial charge < -0.3 is 8.83 Å². The summed E-state index contributed by atoms with van der Waals surface area (Å²) in [4.78, 5) is 0. The lowest BCUT2D eigenvalue weighted by Gasteiger charge is -2.05. The van der Waals surface area contributed by atoms with Crippen molar-refractivity contribution in [2.45, 2.75) is 65.2 Å². The first kappa shape index (κ1) is 26.6. The molecule has 0 atom stereocenters. The van der Waals surface area contributed by atoms with Gasteiger partial charge >= 0.3 is 0 Å². The SMILES string of the molecule is CCCCCc1ccc(-c2cc3c(ccc4c3ccc3c5cc(-c6ccc(CCCCC)cc6)oc5ccc34)o2)cc1. The molecule has 0 aliphatic heterocycles. The average Bonchev–Trinajstić information content (AvgIpc) is 3.67. The molecule has 0 fully saturated rings. The molecule has 210 valence electrons. The predicted molar refractivity (Wildman–Crippen MR) is 178 cm³/mol. The van der Waals surface area contributed by atoms with Crippen molar-refractivity contribution < 1.29 is 8.83 Å². The maximum Gasteiger partial charge on any atom is 0.135 e.